The third-order valence-electron chi connectivity index (χ3n) is 6.95. The highest BCUT2D eigenvalue weighted by atomic mass is 16.2. The number of hydrogen-bond donors (Lipinski definition) is 1. The second kappa shape index (κ2) is 8.63. The van der Waals surface area contributed by atoms with Crippen molar-refractivity contribution in [1.29, 1.82) is 0 Å². The van der Waals surface area contributed by atoms with Gasteiger partial charge in [-0.05, 0) is 49.3 Å². The van der Waals surface area contributed by atoms with E-state index in [4.69, 9.17) is 0 Å². The van der Waals surface area contributed by atoms with E-state index in [0.29, 0.717) is 25.9 Å². The summed E-state index contributed by atoms with van der Waals surface area (Å²) in [5, 5.41) is 2.89. The van der Waals surface area contributed by atoms with E-state index in [1.165, 1.54) is 22.3 Å². The van der Waals surface area contributed by atoms with Crippen molar-refractivity contribution >= 4 is 11.8 Å². The lowest BCUT2D eigenvalue weighted by atomic mass is 9.78. The lowest BCUT2D eigenvalue weighted by Gasteiger charge is -2.29. The van der Waals surface area contributed by atoms with Gasteiger partial charge >= 0.3 is 0 Å². The summed E-state index contributed by atoms with van der Waals surface area (Å²) < 4.78 is 0. The van der Waals surface area contributed by atoms with E-state index in [0.717, 1.165) is 25.7 Å². The fourth-order valence-electron chi connectivity index (χ4n) is 5.30. The molecule has 0 aromatic heterocycles. The molecule has 1 N–H and O–H groups in total. The number of likely N-dealkylation sites (tertiary alicyclic amines) is 1. The molecular formula is C26H32N2O2. The summed E-state index contributed by atoms with van der Waals surface area (Å²) in [5.74, 6) is 0.457. The molecule has 1 saturated carbocycles. The molecule has 1 aliphatic carbocycles. The van der Waals surface area contributed by atoms with E-state index in [9.17, 15) is 9.59 Å². The van der Waals surface area contributed by atoms with Crippen LogP contribution in [-0.4, -0.2) is 36.9 Å². The number of benzene rings is 2. The molecule has 2 aromatic rings. The molecule has 2 aliphatic rings. The topological polar surface area (TPSA) is 49.4 Å². The minimum absolute atomic E-state index is 0.0447. The predicted octanol–water partition coefficient (Wildman–Crippen LogP) is 4.36. The third-order valence-corrected chi connectivity index (χ3v) is 6.95. The van der Waals surface area contributed by atoms with Crippen LogP contribution in [0.25, 0.3) is 11.1 Å². The molecule has 2 amide bonds. The molecule has 0 bridgehead atoms. The molecule has 4 rings (SSSR count). The average Bonchev–Trinajstić information content (AvgIpc) is 3.44. The van der Waals surface area contributed by atoms with Gasteiger partial charge in [-0.3, -0.25) is 9.59 Å². The molecule has 1 heterocycles. The van der Waals surface area contributed by atoms with Crippen LogP contribution in [-0.2, 0) is 16.0 Å². The maximum absolute atomic E-state index is 13.1. The van der Waals surface area contributed by atoms with Gasteiger partial charge in [0, 0.05) is 26.1 Å². The first-order valence-electron chi connectivity index (χ1n) is 11.2. The van der Waals surface area contributed by atoms with Crippen molar-refractivity contribution in [3.63, 3.8) is 0 Å². The number of nitrogens with zero attached hydrogens (tertiary/aromatic N) is 1. The summed E-state index contributed by atoms with van der Waals surface area (Å²) in [7, 11) is 1.71. The molecule has 0 spiro atoms. The zero-order valence-corrected chi connectivity index (χ0v) is 18.1. The number of amides is 2. The second-order valence-corrected chi connectivity index (χ2v) is 9.05. The lowest BCUT2D eigenvalue weighted by Crippen LogP contribution is -2.44. The van der Waals surface area contributed by atoms with Crippen molar-refractivity contribution in [3.8, 4) is 11.1 Å². The molecule has 2 fully saturated rings. The van der Waals surface area contributed by atoms with E-state index in [-0.39, 0.29) is 17.7 Å². The molecule has 2 aromatic carbocycles. The average molecular weight is 405 g/mol. The van der Waals surface area contributed by atoms with Crippen molar-refractivity contribution in [1.82, 2.24) is 10.2 Å². The van der Waals surface area contributed by atoms with Crippen LogP contribution in [0.1, 0.15) is 43.2 Å². The highest BCUT2D eigenvalue weighted by molar-refractivity contribution is 5.86. The zero-order valence-electron chi connectivity index (χ0n) is 18.1. The molecule has 30 heavy (non-hydrogen) atoms. The Hall–Kier alpha value is -2.62. The molecule has 158 valence electrons. The Morgan fingerprint density at radius 2 is 1.87 bits per heavy atom. The highest BCUT2D eigenvalue weighted by Gasteiger charge is 2.46. The van der Waals surface area contributed by atoms with Gasteiger partial charge in [0.1, 0.15) is 0 Å². The molecule has 0 unspecified atom stereocenters. The first-order chi connectivity index (χ1) is 14.5. The van der Waals surface area contributed by atoms with E-state index in [2.05, 4.69) is 54.7 Å². The number of nitrogens with one attached hydrogen (secondary N) is 1. The summed E-state index contributed by atoms with van der Waals surface area (Å²) >= 11 is 0. The van der Waals surface area contributed by atoms with Gasteiger partial charge in [0.25, 0.3) is 0 Å². The second-order valence-electron chi connectivity index (χ2n) is 9.05. The summed E-state index contributed by atoms with van der Waals surface area (Å²) in [5.41, 5.74) is 4.17. The SMILES string of the molecule is CNC(=O)[C@@]1(Cc2ccccc2-c2cccc(C)c2)CCN(C(=O)C2CCCC2)C1. The van der Waals surface area contributed by atoms with Gasteiger partial charge in [0.05, 0.1) is 5.41 Å². The quantitative estimate of drug-likeness (QED) is 0.805. The van der Waals surface area contributed by atoms with Gasteiger partial charge in [-0.1, -0.05) is 66.9 Å². The predicted molar refractivity (Wildman–Crippen MR) is 120 cm³/mol. The molecule has 0 radical (unpaired) electrons. The van der Waals surface area contributed by atoms with Crippen LogP contribution in [0.15, 0.2) is 48.5 Å². The molecule has 1 aliphatic heterocycles. The Balaban J connectivity index is 1.62. The van der Waals surface area contributed by atoms with Crippen molar-refractivity contribution in [2.24, 2.45) is 11.3 Å². The molecule has 4 heteroatoms. The maximum Gasteiger partial charge on any atom is 0.228 e. The third kappa shape index (κ3) is 4.00. The fraction of sp³-hybridized carbons (Fsp3) is 0.462. The molecule has 1 atom stereocenters. The number of hydrogen-bond acceptors (Lipinski definition) is 2. The van der Waals surface area contributed by atoms with E-state index in [1.54, 1.807) is 7.05 Å². The summed E-state index contributed by atoms with van der Waals surface area (Å²) in [4.78, 5) is 28.1. The van der Waals surface area contributed by atoms with Crippen LogP contribution in [0.4, 0.5) is 0 Å². The van der Waals surface area contributed by atoms with Crippen molar-refractivity contribution in [3.05, 3.63) is 59.7 Å². The lowest BCUT2D eigenvalue weighted by molar-refractivity contribution is -0.136. The maximum atomic E-state index is 13.1. The van der Waals surface area contributed by atoms with Crippen LogP contribution >= 0.6 is 0 Å². The van der Waals surface area contributed by atoms with Crippen LogP contribution < -0.4 is 5.32 Å². The van der Waals surface area contributed by atoms with Crippen LogP contribution in [0.2, 0.25) is 0 Å². The Bertz CT molecular complexity index is 932. The normalized spacial score (nSPS) is 21.7. The standard InChI is InChI=1S/C26H32N2O2/c1-19-8-7-12-21(16-19)23-13-6-5-11-22(23)17-26(25(30)27-2)14-15-28(18-26)24(29)20-9-3-4-10-20/h5-8,11-13,16,20H,3-4,9-10,14-15,17-18H2,1-2H3,(H,27,30)/t26-/m1/s1. The molecular weight excluding hydrogens is 372 g/mol. The number of aryl methyl sites for hydroxylation is 1. The smallest absolute Gasteiger partial charge is 0.228 e. The first kappa shape index (κ1) is 20.6. The van der Waals surface area contributed by atoms with Crippen LogP contribution in [0.5, 0.6) is 0 Å². The minimum atomic E-state index is -0.567. The van der Waals surface area contributed by atoms with Crippen LogP contribution in [0, 0.1) is 18.3 Å². The Morgan fingerprint density at radius 1 is 1.10 bits per heavy atom. The van der Waals surface area contributed by atoms with Gasteiger partial charge in [-0.15, -0.1) is 0 Å². The van der Waals surface area contributed by atoms with E-state index < -0.39 is 5.41 Å². The van der Waals surface area contributed by atoms with Gasteiger partial charge in [0.15, 0.2) is 0 Å². The van der Waals surface area contributed by atoms with Gasteiger partial charge in [0.2, 0.25) is 11.8 Å². The molecule has 4 nitrogen and oxygen atoms in total. The largest absolute Gasteiger partial charge is 0.359 e. The summed E-state index contributed by atoms with van der Waals surface area (Å²) in [6.07, 6.45) is 5.65. The minimum Gasteiger partial charge on any atom is -0.359 e. The fourth-order valence-corrected chi connectivity index (χ4v) is 5.30. The van der Waals surface area contributed by atoms with Crippen LogP contribution in [0.3, 0.4) is 0 Å². The number of rotatable bonds is 5. The first-order valence-corrected chi connectivity index (χ1v) is 11.2. The summed E-state index contributed by atoms with van der Waals surface area (Å²) in [6.45, 7) is 3.29. The van der Waals surface area contributed by atoms with Gasteiger partial charge < -0.3 is 10.2 Å². The zero-order chi connectivity index (χ0) is 21.1. The van der Waals surface area contributed by atoms with Crippen molar-refractivity contribution in [2.75, 3.05) is 20.1 Å². The Labute approximate surface area is 179 Å². The monoisotopic (exact) mass is 404 g/mol. The Morgan fingerprint density at radius 3 is 2.60 bits per heavy atom. The van der Waals surface area contributed by atoms with E-state index in [1.807, 2.05) is 11.0 Å². The van der Waals surface area contributed by atoms with Crippen molar-refractivity contribution in [2.45, 2.75) is 45.4 Å². The summed E-state index contributed by atoms with van der Waals surface area (Å²) in [6, 6.07) is 16.9. The Kier molecular flexibility index (Phi) is 5.94. The van der Waals surface area contributed by atoms with Crippen molar-refractivity contribution < 1.29 is 9.59 Å². The number of carbonyl (C=O) groups is 2. The van der Waals surface area contributed by atoms with E-state index >= 15 is 0 Å². The van der Waals surface area contributed by atoms with Gasteiger partial charge in [-0.25, -0.2) is 0 Å². The van der Waals surface area contributed by atoms with Gasteiger partial charge in [-0.2, -0.15) is 0 Å². The highest BCUT2D eigenvalue weighted by Crippen LogP contribution is 2.39. The number of carbonyl (C=O) groups excluding carboxylic acids is 2. The molecule has 1 saturated heterocycles.